The van der Waals surface area contributed by atoms with Gasteiger partial charge in [0.05, 0.1) is 10.9 Å². The smallest absolute Gasteiger partial charge is 0.199 e. The summed E-state index contributed by atoms with van der Waals surface area (Å²) < 4.78 is 6.34. The molecule has 0 aliphatic carbocycles. The first kappa shape index (κ1) is 13.6. The van der Waals surface area contributed by atoms with Gasteiger partial charge in [0.1, 0.15) is 6.33 Å². The zero-order valence-electron chi connectivity index (χ0n) is 9.85. The molecule has 0 spiro atoms. The van der Waals surface area contributed by atoms with Crippen LogP contribution in [0.3, 0.4) is 0 Å². The molecule has 4 nitrogen and oxygen atoms in total. The van der Waals surface area contributed by atoms with E-state index in [4.69, 9.17) is 16.3 Å². The van der Waals surface area contributed by atoms with E-state index in [1.165, 1.54) is 11.9 Å². The molecule has 0 unspecified atom stereocenters. The van der Waals surface area contributed by atoms with E-state index in [0.29, 0.717) is 16.7 Å². The topological polar surface area (TPSA) is 38.3 Å². The Kier molecular flexibility index (Phi) is 4.42. The third-order valence-electron chi connectivity index (χ3n) is 2.35. The lowest BCUT2D eigenvalue weighted by atomic mass is 10.3. The maximum Gasteiger partial charge on any atom is 0.199 e. The van der Waals surface area contributed by atoms with Gasteiger partial charge in [-0.05, 0) is 32.9 Å². The molecule has 96 valence electrons. The van der Waals surface area contributed by atoms with Crippen LogP contribution < -0.4 is 9.64 Å². The van der Waals surface area contributed by atoms with Gasteiger partial charge < -0.3 is 9.64 Å². The highest BCUT2D eigenvalue weighted by atomic mass is 79.9. The van der Waals surface area contributed by atoms with E-state index < -0.39 is 0 Å². The molecule has 2 heterocycles. The maximum atomic E-state index is 5.97. The molecule has 2 rings (SSSR count). The Hall–Kier alpha value is -0.850. The van der Waals surface area contributed by atoms with E-state index >= 15 is 0 Å². The van der Waals surface area contributed by atoms with Crippen LogP contribution >= 0.6 is 38.9 Å². The second-order valence-electron chi connectivity index (χ2n) is 3.64. The predicted molar refractivity (Wildman–Crippen MR) is 77.7 cm³/mol. The van der Waals surface area contributed by atoms with Crippen molar-refractivity contribution in [3.63, 3.8) is 0 Å². The van der Waals surface area contributed by atoms with Crippen molar-refractivity contribution in [1.29, 1.82) is 0 Å². The quantitative estimate of drug-likeness (QED) is 0.791. The maximum absolute atomic E-state index is 5.97. The Balaban J connectivity index is 2.23. The van der Waals surface area contributed by atoms with Crippen molar-refractivity contribution in [2.24, 2.45) is 0 Å². The molecule has 0 aromatic carbocycles. The summed E-state index contributed by atoms with van der Waals surface area (Å²) in [6, 6.07) is 2.08. The lowest BCUT2D eigenvalue weighted by Gasteiger charge is -2.19. The third-order valence-corrected chi connectivity index (χ3v) is 4.17. The number of anilines is 1. The third kappa shape index (κ3) is 2.93. The average Bonchev–Trinajstić information content (AvgIpc) is 2.74. The highest BCUT2D eigenvalue weighted by Gasteiger charge is 2.14. The van der Waals surface area contributed by atoms with Crippen molar-refractivity contribution in [2.45, 2.75) is 6.54 Å². The molecule has 0 fully saturated rings. The van der Waals surface area contributed by atoms with E-state index in [0.717, 1.165) is 10.3 Å². The molecular formula is C11H11BrClN3OS. The van der Waals surface area contributed by atoms with Gasteiger partial charge in [-0.25, -0.2) is 9.97 Å². The van der Waals surface area contributed by atoms with Gasteiger partial charge >= 0.3 is 0 Å². The van der Waals surface area contributed by atoms with Crippen molar-refractivity contribution in [3.05, 3.63) is 32.3 Å². The van der Waals surface area contributed by atoms with Crippen molar-refractivity contribution in [3.8, 4) is 5.75 Å². The van der Waals surface area contributed by atoms with Gasteiger partial charge in [0.2, 0.25) is 0 Å². The number of methoxy groups -OCH3 is 1. The summed E-state index contributed by atoms with van der Waals surface area (Å²) in [5.41, 5.74) is 1.20. The number of halogens is 2. The Morgan fingerprint density at radius 2 is 2.28 bits per heavy atom. The molecule has 0 atom stereocenters. The van der Waals surface area contributed by atoms with E-state index in [-0.39, 0.29) is 0 Å². The Morgan fingerprint density at radius 1 is 1.50 bits per heavy atom. The van der Waals surface area contributed by atoms with Crippen LogP contribution in [0.5, 0.6) is 5.75 Å². The molecule has 2 aromatic rings. The molecule has 0 radical (unpaired) electrons. The van der Waals surface area contributed by atoms with Crippen LogP contribution in [0.25, 0.3) is 0 Å². The minimum atomic E-state index is 0.320. The van der Waals surface area contributed by atoms with Crippen molar-refractivity contribution in [1.82, 2.24) is 9.97 Å². The molecular weight excluding hydrogens is 338 g/mol. The van der Waals surface area contributed by atoms with Gasteiger partial charge in [0, 0.05) is 13.6 Å². The number of ether oxygens (including phenoxy) is 1. The van der Waals surface area contributed by atoms with Crippen LogP contribution in [0.1, 0.15) is 5.56 Å². The second kappa shape index (κ2) is 5.86. The van der Waals surface area contributed by atoms with Gasteiger partial charge in [-0.3, -0.25) is 0 Å². The molecule has 18 heavy (non-hydrogen) atoms. The molecule has 0 saturated heterocycles. The van der Waals surface area contributed by atoms with Gasteiger partial charge in [-0.15, -0.1) is 11.3 Å². The molecule has 0 aliphatic rings. The summed E-state index contributed by atoms with van der Waals surface area (Å²) in [5.74, 6) is 1.18. The molecule has 0 N–H and O–H groups in total. The Morgan fingerprint density at radius 3 is 2.89 bits per heavy atom. The minimum Gasteiger partial charge on any atom is -0.490 e. The number of hydrogen-bond acceptors (Lipinski definition) is 5. The Labute approximate surface area is 123 Å². The average molecular weight is 349 g/mol. The van der Waals surface area contributed by atoms with E-state index in [9.17, 15) is 0 Å². The summed E-state index contributed by atoms with van der Waals surface area (Å²) in [6.07, 6.45) is 1.43. The molecule has 2 aromatic heterocycles. The summed E-state index contributed by atoms with van der Waals surface area (Å²) in [7, 11) is 3.50. The van der Waals surface area contributed by atoms with Crippen LogP contribution in [0, 0.1) is 0 Å². The van der Waals surface area contributed by atoms with E-state index in [2.05, 4.69) is 37.3 Å². The van der Waals surface area contributed by atoms with Crippen LogP contribution in [0.4, 0.5) is 5.82 Å². The standard InChI is InChI=1S/C11H11BrClN3OS/c1-16(4-7-3-8(12)18-5-7)11-9(17-2)10(13)14-6-15-11/h3,5-6H,4H2,1-2H3. The first-order valence-electron chi connectivity index (χ1n) is 5.10. The lowest BCUT2D eigenvalue weighted by molar-refractivity contribution is 0.411. The molecule has 0 saturated carbocycles. The van der Waals surface area contributed by atoms with Crippen molar-refractivity contribution < 1.29 is 4.74 Å². The number of thiophene rings is 1. The van der Waals surface area contributed by atoms with E-state index in [1.807, 2.05) is 11.9 Å². The first-order valence-corrected chi connectivity index (χ1v) is 7.15. The highest BCUT2D eigenvalue weighted by Crippen LogP contribution is 2.32. The highest BCUT2D eigenvalue weighted by molar-refractivity contribution is 9.11. The zero-order valence-corrected chi connectivity index (χ0v) is 13.0. The number of rotatable bonds is 4. The van der Waals surface area contributed by atoms with Crippen LogP contribution in [-0.2, 0) is 6.54 Å². The van der Waals surface area contributed by atoms with Crippen LogP contribution in [0.15, 0.2) is 21.6 Å². The fourth-order valence-corrected chi connectivity index (χ4v) is 2.97. The molecule has 0 aliphatic heterocycles. The SMILES string of the molecule is COc1c(Cl)ncnc1N(C)Cc1csc(Br)c1. The minimum absolute atomic E-state index is 0.320. The zero-order chi connectivity index (χ0) is 13.1. The van der Waals surface area contributed by atoms with E-state index in [1.54, 1.807) is 18.4 Å². The Bertz CT molecular complexity index is 549. The first-order chi connectivity index (χ1) is 8.61. The van der Waals surface area contributed by atoms with Gasteiger partial charge in [-0.2, -0.15) is 0 Å². The van der Waals surface area contributed by atoms with Gasteiger partial charge in [-0.1, -0.05) is 11.6 Å². The van der Waals surface area contributed by atoms with Gasteiger partial charge in [0.15, 0.2) is 16.7 Å². The molecule has 0 amide bonds. The van der Waals surface area contributed by atoms with Crippen molar-refractivity contribution in [2.75, 3.05) is 19.1 Å². The van der Waals surface area contributed by atoms with Crippen LogP contribution in [0.2, 0.25) is 5.15 Å². The summed E-state index contributed by atoms with van der Waals surface area (Å²) in [4.78, 5) is 10.1. The molecule has 7 heteroatoms. The fraction of sp³-hybridized carbons (Fsp3) is 0.273. The van der Waals surface area contributed by atoms with Gasteiger partial charge in [0.25, 0.3) is 0 Å². The predicted octanol–water partition coefficient (Wildman–Crippen LogP) is 3.60. The summed E-state index contributed by atoms with van der Waals surface area (Å²) in [6.45, 7) is 0.728. The largest absolute Gasteiger partial charge is 0.490 e. The fourth-order valence-electron chi connectivity index (χ4n) is 1.57. The lowest BCUT2D eigenvalue weighted by Crippen LogP contribution is -2.18. The second-order valence-corrected chi connectivity index (χ2v) is 6.28. The van der Waals surface area contributed by atoms with Crippen LogP contribution in [-0.4, -0.2) is 24.1 Å². The monoisotopic (exact) mass is 347 g/mol. The number of aromatic nitrogens is 2. The molecule has 0 bridgehead atoms. The summed E-state index contributed by atoms with van der Waals surface area (Å²) >= 11 is 11.1. The normalized spacial score (nSPS) is 10.4. The number of hydrogen-bond donors (Lipinski definition) is 0. The van der Waals surface area contributed by atoms with Crippen molar-refractivity contribution >= 4 is 44.7 Å². The number of nitrogens with zero attached hydrogens (tertiary/aromatic N) is 3. The summed E-state index contributed by atoms with van der Waals surface area (Å²) in [5, 5.41) is 2.41.